The molecular weight excluding hydrogens is 166 g/mol. The zero-order valence-corrected chi connectivity index (χ0v) is 7.40. The second kappa shape index (κ2) is 6.06. The summed E-state index contributed by atoms with van der Waals surface area (Å²) in [5.74, 6) is -0.0463. The van der Waals surface area contributed by atoms with Crippen LogP contribution in [-0.4, -0.2) is 12.6 Å². The lowest BCUT2D eigenvalue weighted by molar-refractivity contribution is -0.137. The van der Waals surface area contributed by atoms with Gasteiger partial charge in [0.2, 0.25) is 0 Å². The number of carbonyl (C=O) groups is 1. The van der Waals surface area contributed by atoms with Crippen molar-refractivity contribution in [2.24, 2.45) is 0 Å². The van der Waals surface area contributed by atoms with Crippen molar-refractivity contribution in [3.63, 3.8) is 0 Å². The summed E-state index contributed by atoms with van der Waals surface area (Å²) in [6.07, 6.45) is 13.1. The highest BCUT2D eigenvalue weighted by molar-refractivity contribution is 5.70. The highest BCUT2D eigenvalue weighted by Crippen LogP contribution is 2.01. The third kappa shape index (κ3) is 4.85. The molecule has 0 bridgehead atoms. The highest BCUT2D eigenvalue weighted by Gasteiger charge is 2.08. The number of allylic oxidation sites excluding steroid dienone is 4. The second-order valence-electron chi connectivity index (χ2n) is 2.59. The van der Waals surface area contributed by atoms with Crippen LogP contribution in [0.4, 0.5) is 0 Å². The van der Waals surface area contributed by atoms with Gasteiger partial charge in [0.15, 0.2) is 0 Å². The first-order valence-electron chi connectivity index (χ1n) is 4.29. The summed E-state index contributed by atoms with van der Waals surface area (Å²) in [7, 11) is 0. The number of rotatable bonds is 0. The van der Waals surface area contributed by atoms with Crippen molar-refractivity contribution < 1.29 is 9.53 Å². The van der Waals surface area contributed by atoms with Gasteiger partial charge in [0.25, 0.3) is 0 Å². The molecule has 3 nitrogen and oxygen atoms in total. The predicted molar refractivity (Wildman–Crippen MR) is 50.7 cm³/mol. The Bertz CT molecular complexity index is 219. The molecule has 0 unspecified atom stereocenters. The van der Waals surface area contributed by atoms with Crippen LogP contribution >= 0.6 is 0 Å². The predicted octanol–water partition coefficient (Wildman–Crippen LogP) is 1.50. The zero-order chi connectivity index (χ0) is 9.36. The molecule has 0 aromatic carbocycles. The molecule has 2 aliphatic heterocycles. The van der Waals surface area contributed by atoms with Crippen LogP contribution in [0.1, 0.15) is 12.8 Å². The Kier molecular flexibility index (Phi) is 4.46. The monoisotopic (exact) mass is 179 g/mol. The van der Waals surface area contributed by atoms with Crippen molar-refractivity contribution in [2.45, 2.75) is 12.8 Å². The largest absolute Gasteiger partial charge is 0.466 e. The van der Waals surface area contributed by atoms with Gasteiger partial charge in [0.1, 0.15) is 0 Å². The smallest absolute Gasteiger partial charge is 0.305 e. The van der Waals surface area contributed by atoms with E-state index in [1.165, 1.54) is 0 Å². The van der Waals surface area contributed by atoms with Crippen LogP contribution in [0, 0.1) is 0 Å². The summed E-state index contributed by atoms with van der Waals surface area (Å²) < 4.78 is 4.51. The van der Waals surface area contributed by atoms with Crippen molar-refractivity contribution >= 4 is 5.97 Å². The van der Waals surface area contributed by atoms with E-state index in [0.717, 1.165) is 6.42 Å². The Labute approximate surface area is 77.8 Å². The minimum atomic E-state index is -0.0463. The van der Waals surface area contributed by atoms with Gasteiger partial charge in [-0.15, -0.1) is 0 Å². The quantitative estimate of drug-likeness (QED) is 0.573. The number of cyclic esters (lactones) is 1. The first-order valence-corrected chi connectivity index (χ1v) is 4.29. The van der Waals surface area contributed by atoms with Gasteiger partial charge >= 0.3 is 5.97 Å². The molecule has 13 heavy (non-hydrogen) atoms. The molecule has 2 rings (SSSR count). The summed E-state index contributed by atoms with van der Waals surface area (Å²) in [6, 6.07) is 0. The van der Waals surface area contributed by atoms with E-state index in [1.54, 1.807) is 0 Å². The topological polar surface area (TPSA) is 38.3 Å². The standard InChI is InChI=1S/C6H7N.C4H6O2/c1-2-4-6-7-5-3-1;5-4-2-1-3-6-4/h1-7H;1-3H2. The average molecular weight is 179 g/mol. The maximum absolute atomic E-state index is 10.0. The average Bonchev–Trinajstić information content (AvgIpc) is 2.48. The van der Waals surface area contributed by atoms with Crippen LogP contribution in [0.25, 0.3) is 0 Å². The van der Waals surface area contributed by atoms with Crippen LogP contribution in [0.15, 0.2) is 36.7 Å². The lowest BCUT2D eigenvalue weighted by Gasteiger charge is -1.81. The van der Waals surface area contributed by atoms with Crippen LogP contribution in [0.3, 0.4) is 0 Å². The molecule has 0 amide bonds. The molecule has 0 radical (unpaired) electrons. The van der Waals surface area contributed by atoms with Gasteiger partial charge in [0, 0.05) is 18.8 Å². The summed E-state index contributed by atoms with van der Waals surface area (Å²) in [5, 5.41) is 2.92. The van der Waals surface area contributed by atoms with Gasteiger partial charge in [-0.2, -0.15) is 0 Å². The molecule has 1 saturated heterocycles. The Morgan fingerprint density at radius 1 is 1.15 bits per heavy atom. The number of hydrogen-bond donors (Lipinski definition) is 1. The van der Waals surface area contributed by atoms with Crippen molar-refractivity contribution in [3.05, 3.63) is 36.7 Å². The Hall–Kier alpha value is -1.51. The number of nitrogens with one attached hydrogen (secondary N) is 1. The molecular formula is C10H13NO2. The fraction of sp³-hybridized carbons (Fsp3) is 0.300. The second-order valence-corrected chi connectivity index (χ2v) is 2.59. The minimum absolute atomic E-state index is 0.0463. The number of esters is 1. The van der Waals surface area contributed by atoms with Gasteiger partial charge in [-0.25, -0.2) is 0 Å². The molecule has 2 heterocycles. The molecule has 0 aromatic rings. The zero-order valence-electron chi connectivity index (χ0n) is 7.40. The van der Waals surface area contributed by atoms with E-state index in [2.05, 4.69) is 10.1 Å². The van der Waals surface area contributed by atoms with E-state index >= 15 is 0 Å². The SMILES string of the molecule is C1=CC=CNC=C1.O=C1CCCO1. The van der Waals surface area contributed by atoms with Crippen molar-refractivity contribution in [3.8, 4) is 0 Å². The number of carbonyl (C=O) groups excluding carboxylic acids is 1. The molecule has 0 aromatic heterocycles. The van der Waals surface area contributed by atoms with Gasteiger partial charge in [-0.3, -0.25) is 4.79 Å². The maximum Gasteiger partial charge on any atom is 0.305 e. The Morgan fingerprint density at radius 2 is 1.85 bits per heavy atom. The first kappa shape index (κ1) is 9.58. The van der Waals surface area contributed by atoms with Crippen LogP contribution < -0.4 is 5.32 Å². The normalized spacial score (nSPS) is 18.3. The van der Waals surface area contributed by atoms with E-state index in [1.807, 2.05) is 36.7 Å². The highest BCUT2D eigenvalue weighted by atomic mass is 16.5. The Morgan fingerprint density at radius 3 is 2.23 bits per heavy atom. The molecule has 0 aliphatic carbocycles. The molecule has 0 spiro atoms. The van der Waals surface area contributed by atoms with Crippen molar-refractivity contribution in [1.82, 2.24) is 5.32 Å². The van der Waals surface area contributed by atoms with Crippen molar-refractivity contribution in [1.29, 1.82) is 0 Å². The minimum Gasteiger partial charge on any atom is -0.466 e. The molecule has 70 valence electrons. The molecule has 0 saturated carbocycles. The van der Waals surface area contributed by atoms with E-state index in [0.29, 0.717) is 13.0 Å². The van der Waals surface area contributed by atoms with Gasteiger partial charge < -0.3 is 10.1 Å². The molecule has 0 atom stereocenters. The van der Waals surface area contributed by atoms with Crippen LogP contribution in [0.2, 0.25) is 0 Å². The fourth-order valence-corrected chi connectivity index (χ4v) is 0.881. The van der Waals surface area contributed by atoms with Gasteiger partial charge in [-0.1, -0.05) is 12.2 Å². The van der Waals surface area contributed by atoms with Gasteiger partial charge in [-0.05, 0) is 18.6 Å². The third-order valence-electron chi connectivity index (χ3n) is 1.51. The molecule has 1 fully saturated rings. The third-order valence-corrected chi connectivity index (χ3v) is 1.51. The lowest BCUT2D eigenvalue weighted by Crippen LogP contribution is -1.88. The van der Waals surface area contributed by atoms with Crippen LogP contribution in [0.5, 0.6) is 0 Å². The van der Waals surface area contributed by atoms with Crippen molar-refractivity contribution in [2.75, 3.05) is 6.61 Å². The number of hydrogen-bond acceptors (Lipinski definition) is 3. The number of ether oxygens (including phenoxy) is 1. The summed E-state index contributed by atoms with van der Waals surface area (Å²) >= 11 is 0. The van der Waals surface area contributed by atoms with E-state index in [9.17, 15) is 4.79 Å². The van der Waals surface area contributed by atoms with E-state index in [-0.39, 0.29) is 5.97 Å². The molecule has 3 heteroatoms. The fourth-order valence-electron chi connectivity index (χ4n) is 0.881. The van der Waals surface area contributed by atoms with E-state index < -0.39 is 0 Å². The molecule has 1 N–H and O–H groups in total. The maximum atomic E-state index is 10.0. The Balaban J connectivity index is 0.000000132. The summed E-state index contributed by atoms with van der Waals surface area (Å²) in [5.41, 5.74) is 0. The van der Waals surface area contributed by atoms with Crippen LogP contribution in [-0.2, 0) is 9.53 Å². The lowest BCUT2D eigenvalue weighted by atomic mass is 10.4. The summed E-state index contributed by atoms with van der Waals surface area (Å²) in [4.78, 5) is 10.0. The van der Waals surface area contributed by atoms with E-state index in [4.69, 9.17) is 0 Å². The van der Waals surface area contributed by atoms with Gasteiger partial charge in [0.05, 0.1) is 6.61 Å². The summed E-state index contributed by atoms with van der Waals surface area (Å²) in [6.45, 7) is 0.638. The molecule has 2 aliphatic rings. The first-order chi connectivity index (χ1) is 6.39.